The molecule has 0 fully saturated rings. The molecule has 0 saturated carbocycles. The smallest absolute Gasteiger partial charge is 0.155 e. The van der Waals surface area contributed by atoms with Crippen LogP contribution in [0.3, 0.4) is 0 Å². The molecule has 0 atom stereocenters. The summed E-state index contributed by atoms with van der Waals surface area (Å²) in [4.78, 5) is 5.14. The number of nitrogens with zero attached hydrogens (tertiary/aromatic N) is 1. The molecule has 8 rings (SSSR count). The molecule has 0 aliphatic carbocycles. The van der Waals surface area contributed by atoms with E-state index in [0.717, 1.165) is 22.9 Å². The fourth-order valence-corrected chi connectivity index (χ4v) is 12.6. The zero-order valence-electron chi connectivity index (χ0n) is 26.0. The molecule has 0 unspecified atom stereocenters. The molecule has 45 heavy (non-hydrogen) atoms. The second-order valence-corrected chi connectivity index (χ2v) is 18.4. The van der Waals surface area contributed by atoms with Crippen LogP contribution in [0.5, 0.6) is 11.5 Å². The highest BCUT2D eigenvalue weighted by Gasteiger charge is 2.39. The lowest BCUT2D eigenvalue weighted by Gasteiger charge is -2.39. The van der Waals surface area contributed by atoms with E-state index in [4.69, 9.17) is 4.74 Å². The van der Waals surface area contributed by atoms with Crippen molar-refractivity contribution in [2.24, 2.45) is 0 Å². The van der Waals surface area contributed by atoms with Crippen LogP contribution in [0.2, 0.25) is 13.1 Å². The number of hydrogen-bond donors (Lipinski definition) is 0. The molecular weight excluding hydrogens is 583 g/mol. The molecule has 2 nitrogen and oxygen atoms in total. The molecule has 0 bridgehead atoms. The third kappa shape index (κ3) is 4.46. The number of anilines is 3. The highest BCUT2D eigenvalue weighted by Crippen LogP contribution is 2.54. The Morgan fingerprint density at radius 1 is 0.578 bits per heavy atom. The largest absolute Gasteiger partial charge is 0.455 e. The SMILES string of the molecule is CC1(C)c2ccccc2Oc2c(N(c3ccc(-c4ccccc4)cc3)c3cccc4c3Sc3ccccc3[Si]4(C)C)cccc21. The maximum Gasteiger partial charge on any atom is 0.155 e. The second-order valence-electron chi connectivity index (χ2n) is 13.0. The highest BCUT2D eigenvalue weighted by molar-refractivity contribution is 8.00. The van der Waals surface area contributed by atoms with Crippen LogP contribution in [0.4, 0.5) is 17.1 Å². The number of para-hydroxylation sites is 2. The van der Waals surface area contributed by atoms with Crippen molar-refractivity contribution in [2.75, 3.05) is 4.90 Å². The first-order valence-electron chi connectivity index (χ1n) is 15.6. The molecule has 6 aromatic rings. The fraction of sp³-hybridized carbons (Fsp3) is 0.122. The Hall–Kier alpha value is -4.51. The maximum absolute atomic E-state index is 6.86. The summed E-state index contributed by atoms with van der Waals surface area (Å²) in [7, 11) is -1.94. The molecule has 4 heteroatoms. The lowest BCUT2D eigenvalue weighted by Crippen LogP contribution is -2.56. The minimum Gasteiger partial charge on any atom is -0.455 e. The first-order valence-corrected chi connectivity index (χ1v) is 19.4. The minimum absolute atomic E-state index is 0.207. The van der Waals surface area contributed by atoms with E-state index in [1.165, 1.54) is 48.1 Å². The monoisotopic (exact) mass is 617 g/mol. The molecule has 0 amide bonds. The van der Waals surface area contributed by atoms with E-state index in [1.54, 1.807) is 0 Å². The van der Waals surface area contributed by atoms with Gasteiger partial charge >= 0.3 is 0 Å². The lowest BCUT2D eigenvalue weighted by molar-refractivity contribution is 0.419. The Kier molecular flexibility index (Phi) is 6.56. The van der Waals surface area contributed by atoms with Crippen LogP contribution in [0.25, 0.3) is 11.1 Å². The molecule has 0 radical (unpaired) electrons. The van der Waals surface area contributed by atoms with Crippen molar-refractivity contribution in [3.63, 3.8) is 0 Å². The first kappa shape index (κ1) is 28.0. The second kappa shape index (κ2) is 10.5. The van der Waals surface area contributed by atoms with Gasteiger partial charge in [-0.3, -0.25) is 0 Å². The Morgan fingerprint density at radius 2 is 1.20 bits per heavy atom. The Labute approximate surface area is 271 Å². The van der Waals surface area contributed by atoms with Gasteiger partial charge in [-0.1, -0.05) is 142 Å². The minimum atomic E-state index is -1.94. The van der Waals surface area contributed by atoms with E-state index in [0.29, 0.717) is 0 Å². The zero-order valence-corrected chi connectivity index (χ0v) is 27.9. The third-order valence-corrected chi connectivity index (χ3v) is 14.7. The van der Waals surface area contributed by atoms with Crippen LogP contribution in [0, 0.1) is 0 Å². The summed E-state index contributed by atoms with van der Waals surface area (Å²) in [6.07, 6.45) is 0. The van der Waals surface area contributed by atoms with Crippen molar-refractivity contribution in [3.05, 3.63) is 151 Å². The predicted molar refractivity (Wildman–Crippen MR) is 193 cm³/mol. The Balaban J connectivity index is 1.36. The summed E-state index contributed by atoms with van der Waals surface area (Å²) >= 11 is 1.91. The highest BCUT2D eigenvalue weighted by atomic mass is 32.2. The quantitative estimate of drug-likeness (QED) is 0.183. The molecule has 220 valence electrons. The van der Waals surface area contributed by atoms with E-state index >= 15 is 0 Å². The van der Waals surface area contributed by atoms with E-state index in [1.807, 2.05) is 11.8 Å². The Bertz CT molecular complexity index is 1960. The predicted octanol–water partition coefficient (Wildman–Crippen LogP) is 10.5. The van der Waals surface area contributed by atoms with E-state index in [2.05, 4.69) is 171 Å². The number of fused-ring (bicyclic) bond motifs is 4. The molecule has 2 aliphatic rings. The normalized spacial score (nSPS) is 15.1. The van der Waals surface area contributed by atoms with Gasteiger partial charge in [0, 0.05) is 32.0 Å². The van der Waals surface area contributed by atoms with Gasteiger partial charge in [-0.2, -0.15) is 0 Å². The summed E-state index contributed by atoms with van der Waals surface area (Å²) in [5, 5.41) is 2.99. The average molecular weight is 618 g/mol. The van der Waals surface area contributed by atoms with Gasteiger partial charge in [0.05, 0.1) is 11.4 Å². The summed E-state index contributed by atoms with van der Waals surface area (Å²) in [6, 6.07) is 50.6. The third-order valence-electron chi connectivity index (χ3n) is 9.59. The van der Waals surface area contributed by atoms with Gasteiger partial charge in [0.25, 0.3) is 0 Å². The molecule has 0 saturated heterocycles. The van der Waals surface area contributed by atoms with Crippen molar-refractivity contribution < 1.29 is 4.74 Å². The molecular formula is C41H35NOSSi. The number of benzene rings is 6. The van der Waals surface area contributed by atoms with Gasteiger partial charge < -0.3 is 9.64 Å². The molecule has 2 heterocycles. The van der Waals surface area contributed by atoms with Crippen LogP contribution < -0.4 is 20.0 Å². The van der Waals surface area contributed by atoms with Crippen LogP contribution in [-0.2, 0) is 5.41 Å². The van der Waals surface area contributed by atoms with Crippen LogP contribution in [0.15, 0.2) is 149 Å². The summed E-state index contributed by atoms with van der Waals surface area (Å²) in [6.45, 7) is 9.59. The molecule has 6 aromatic carbocycles. The van der Waals surface area contributed by atoms with Crippen molar-refractivity contribution in [3.8, 4) is 22.6 Å². The number of rotatable bonds is 4. The van der Waals surface area contributed by atoms with Gasteiger partial charge in [0.15, 0.2) is 5.75 Å². The van der Waals surface area contributed by atoms with Gasteiger partial charge in [0.1, 0.15) is 13.8 Å². The van der Waals surface area contributed by atoms with Crippen molar-refractivity contribution in [1.82, 2.24) is 0 Å². The molecule has 0 spiro atoms. The van der Waals surface area contributed by atoms with E-state index in [-0.39, 0.29) is 5.41 Å². The van der Waals surface area contributed by atoms with E-state index < -0.39 is 8.07 Å². The molecule has 2 aliphatic heterocycles. The maximum atomic E-state index is 6.86. The van der Waals surface area contributed by atoms with E-state index in [9.17, 15) is 0 Å². The standard InChI is InChI=1S/C41H35NOSSi/c1-41(2)31-16-8-9-20-35(31)43-39-32(41)17-12-18-33(39)42(30-26-24-29(25-27-30)28-14-6-5-7-15-28)34-19-13-23-38-40(34)44-36-21-10-11-22-37(36)45(38,3)4/h5-27H,1-4H3. The summed E-state index contributed by atoms with van der Waals surface area (Å²) in [5.41, 5.74) is 7.97. The van der Waals surface area contributed by atoms with Crippen LogP contribution in [-0.4, -0.2) is 8.07 Å². The number of hydrogen-bond acceptors (Lipinski definition) is 3. The topological polar surface area (TPSA) is 12.5 Å². The fourth-order valence-electron chi connectivity index (χ4n) is 7.10. The zero-order chi connectivity index (χ0) is 30.8. The molecule has 0 N–H and O–H groups in total. The van der Waals surface area contributed by atoms with Gasteiger partial charge in [-0.05, 0) is 57.9 Å². The van der Waals surface area contributed by atoms with Gasteiger partial charge in [0.2, 0.25) is 0 Å². The van der Waals surface area contributed by atoms with Gasteiger partial charge in [-0.25, -0.2) is 0 Å². The summed E-state index contributed by atoms with van der Waals surface area (Å²) < 4.78 is 6.86. The molecule has 0 aromatic heterocycles. The number of ether oxygens (including phenoxy) is 1. The van der Waals surface area contributed by atoms with Crippen LogP contribution >= 0.6 is 11.8 Å². The van der Waals surface area contributed by atoms with Crippen LogP contribution in [0.1, 0.15) is 25.0 Å². The first-order chi connectivity index (χ1) is 21.8. The summed E-state index contributed by atoms with van der Waals surface area (Å²) in [5.74, 6) is 1.84. The van der Waals surface area contributed by atoms with Crippen molar-refractivity contribution in [2.45, 2.75) is 42.1 Å². The van der Waals surface area contributed by atoms with Crippen molar-refractivity contribution >= 4 is 47.3 Å². The average Bonchev–Trinajstić information content (AvgIpc) is 3.06. The Morgan fingerprint density at radius 3 is 2.02 bits per heavy atom. The van der Waals surface area contributed by atoms with Crippen molar-refractivity contribution in [1.29, 1.82) is 0 Å². The van der Waals surface area contributed by atoms with Gasteiger partial charge in [-0.15, -0.1) is 0 Å². The lowest BCUT2D eigenvalue weighted by atomic mass is 9.75.